The van der Waals surface area contributed by atoms with Crippen LogP contribution in [0.2, 0.25) is 0 Å². The molecule has 0 saturated carbocycles. The van der Waals surface area contributed by atoms with Gasteiger partial charge in [-0.25, -0.2) is 0 Å². The molecule has 1 amide bonds. The molecular weight excluding hydrogens is 200 g/mol. The van der Waals surface area contributed by atoms with Crippen LogP contribution in [0, 0.1) is 0 Å². The fourth-order valence-electron chi connectivity index (χ4n) is 1.87. The Labute approximate surface area is 95.1 Å². The first-order valence-corrected chi connectivity index (χ1v) is 5.56. The number of carbonyl (C=O) groups is 1. The number of carbonyl (C=O) groups excluding carboxylic acids is 1. The van der Waals surface area contributed by atoms with E-state index in [-0.39, 0.29) is 5.91 Å². The number of para-hydroxylation sites is 1. The van der Waals surface area contributed by atoms with Crippen molar-refractivity contribution < 1.29 is 4.79 Å². The average molecular weight is 216 g/mol. The number of fused-ring (bicyclic) bond motifs is 1. The molecule has 1 aromatic heterocycles. The van der Waals surface area contributed by atoms with Gasteiger partial charge in [0.05, 0.1) is 0 Å². The molecule has 0 aliphatic rings. The van der Waals surface area contributed by atoms with Gasteiger partial charge in [0, 0.05) is 31.7 Å². The Morgan fingerprint density at radius 1 is 1.31 bits per heavy atom. The Kier molecular flexibility index (Phi) is 3.25. The maximum Gasteiger partial charge on any atom is 0.219 e. The number of aryl methyl sites for hydroxylation is 1. The lowest BCUT2D eigenvalue weighted by atomic mass is 10.2. The van der Waals surface area contributed by atoms with Crippen LogP contribution in [0.4, 0.5) is 0 Å². The molecule has 0 spiro atoms. The molecule has 0 bridgehead atoms. The van der Waals surface area contributed by atoms with Crippen molar-refractivity contribution in [3.63, 3.8) is 0 Å². The minimum atomic E-state index is 0.108. The Balaban J connectivity index is 2.02. The largest absolute Gasteiger partial charge is 0.359 e. The third kappa shape index (κ3) is 2.24. The summed E-state index contributed by atoms with van der Waals surface area (Å²) in [5.74, 6) is 0.108. The molecule has 0 unspecified atom stereocenters. The van der Waals surface area contributed by atoms with Crippen LogP contribution < -0.4 is 5.32 Å². The smallest absolute Gasteiger partial charge is 0.219 e. The number of amides is 1. The Morgan fingerprint density at radius 3 is 2.94 bits per heavy atom. The van der Waals surface area contributed by atoms with E-state index in [4.69, 9.17) is 0 Å². The van der Waals surface area contributed by atoms with Crippen molar-refractivity contribution in [1.82, 2.24) is 9.88 Å². The molecule has 1 N–H and O–H groups in total. The lowest BCUT2D eigenvalue weighted by molar-refractivity contribution is -0.120. The standard InChI is InChI=1S/C13H16N2O/c1-14-13(16)7-4-9-15-10-8-11-5-2-3-6-12(11)15/h2-3,5-6,8,10H,4,7,9H2,1H3,(H,14,16). The third-order valence-corrected chi connectivity index (χ3v) is 2.76. The summed E-state index contributed by atoms with van der Waals surface area (Å²) in [5.41, 5.74) is 1.24. The first-order chi connectivity index (χ1) is 7.81. The average Bonchev–Trinajstić information content (AvgIpc) is 2.73. The van der Waals surface area contributed by atoms with Crippen LogP contribution in [0.1, 0.15) is 12.8 Å². The molecule has 0 aliphatic heterocycles. The third-order valence-electron chi connectivity index (χ3n) is 2.76. The van der Waals surface area contributed by atoms with Crippen LogP contribution in [0.15, 0.2) is 36.5 Å². The molecule has 2 rings (SSSR count). The van der Waals surface area contributed by atoms with Gasteiger partial charge < -0.3 is 9.88 Å². The molecule has 0 aliphatic carbocycles. The van der Waals surface area contributed by atoms with E-state index < -0.39 is 0 Å². The SMILES string of the molecule is CNC(=O)CCCn1ccc2ccccc21. The molecule has 0 fully saturated rings. The highest BCUT2D eigenvalue weighted by Gasteiger charge is 2.01. The van der Waals surface area contributed by atoms with E-state index in [0.29, 0.717) is 6.42 Å². The summed E-state index contributed by atoms with van der Waals surface area (Å²) >= 11 is 0. The van der Waals surface area contributed by atoms with Crippen molar-refractivity contribution in [2.45, 2.75) is 19.4 Å². The lowest BCUT2D eigenvalue weighted by Gasteiger charge is -2.04. The Morgan fingerprint density at radius 2 is 2.12 bits per heavy atom. The van der Waals surface area contributed by atoms with E-state index in [9.17, 15) is 4.79 Å². The monoisotopic (exact) mass is 216 g/mol. The van der Waals surface area contributed by atoms with Crippen LogP contribution in [0.5, 0.6) is 0 Å². The molecule has 3 heteroatoms. The quantitative estimate of drug-likeness (QED) is 0.835. The number of benzene rings is 1. The lowest BCUT2D eigenvalue weighted by Crippen LogP contribution is -2.17. The molecule has 0 radical (unpaired) electrons. The maximum absolute atomic E-state index is 11.1. The molecule has 2 aromatic rings. The van der Waals surface area contributed by atoms with Crippen molar-refractivity contribution in [2.24, 2.45) is 0 Å². The van der Waals surface area contributed by atoms with Crippen LogP contribution in [-0.4, -0.2) is 17.5 Å². The summed E-state index contributed by atoms with van der Waals surface area (Å²) in [7, 11) is 1.67. The van der Waals surface area contributed by atoms with Crippen molar-refractivity contribution in [3.05, 3.63) is 36.5 Å². The zero-order valence-corrected chi connectivity index (χ0v) is 9.44. The molecule has 1 aromatic carbocycles. The minimum absolute atomic E-state index is 0.108. The highest BCUT2D eigenvalue weighted by molar-refractivity contribution is 5.80. The second-order valence-corrected chi connectivity index (χ2v) is 3.84. The van der Waals surface area contributed by atoms with Gasteiger partial charge in [0.15, 0.2) is 0 Å². The molecule has 0 saturated heterocycles. The Bertz CT molecular complexity index is 487. The zero-order chi connectivity index (χ0) is 11.4. The predicted octanol–water partition coefficient (Wildman–Crippen LogP) is 2.17. The fourth-order valence-corrected chi connectivity index (χ4v) is 1.87. The highest BCUT2D eigenvalue weighted by atomic mass is 16.1. The molecule has 16 heavy (non-hydrogen) atoms. The number of nitrogens with one attached hydrogen (secondary N) is 1. The van der Waals surface area contributed by atoms with E-state index in [2.05, 4.69) is 34.3 Å². The maximum atomic E-state index is 11.1. The van der Waals surface area contributed by atoms with Crippen LogP contribution in [0.3, 0.4) is 0 Å². The van der Waals surface area contributed by atoms with E-state index in [1.807, 2.05) is 12.1 Å². The van der Waals surface area contributed by atoms with Crippen LogP contribution in [-0.2, 0) is 11.3 Å². The first-order valence-electron chi connectivity index (χ1n) is 5.56. The molecule has 1 heterocycles. The van der Waals surface area contributed by atoms with Gasteiger partial charge >= 0.3 is 0 Å². The van der Waals surface area contributed by atoms with Gasteiger partial charge in [0.1, 0.15) is 0 Å². The number of hydrogen-bond acceptors (Lipinski definition) is 1. The van der Waals surface area contributed by atoms with Gasteiger partial charge in [-0.1, -0.05) is 18.2 Å². The van der Waals surface area contributed by atoms with Gasteiger partial charge in [-0.05, 0) is 23.9 Å². The van der Waals surface area contributed by atoms with Gasteiger partial charge in [-0.2, -0.15) is 0 Å². The second kappa shape index (κ2) is 4.84. The number of rotatable bonds is 4. The normalized spacial score (nSPS) is 10.6. The first kappa shape index (κ1) is 10.7. The van der Waals surface area contributed by atoms with Crippen molar-refractivity contribution >= 4 is 16.8 Å². The molecular formula is C13H16N2O. The number of hydrogen-bond donors (Lipinski definition) is 1. The minimum Gasteiger partial charge on any atom is -0.359 e. The molecule has 0 atom stereocenters. The highest BCUT2D eigenvalue weighted by Crippen LogP contribution is 2.15. The van der Waals surface area contributed by atoms with Gasteiger partial charge in [0.25, 0.3) is 0 Å². The topological polar surface area (TPSA) is 34.0 Å². The predicted molar refractivity (Wildman–Crippen MR) is 65.2 cm³/mol. The van der Waals surface area contributed by atoms with Gasteiger partial charge in [-0.3, -0.25) is 4.79 Å². The zero-order valence-electron chi connectivity index (χ0n) is 9.44. The van der Waals surface area contributed by atoms with E-state index >= 15 is 0 Å². The van der Waals surface area contributed by atoms with Crippen molar-refractivity contribution in [3.8, 4) is 0 Å². The van der Waals surface area contributed by atoms with Crippen LogP contribution in [0.25, 0.3) is 10.9 Å². The van der Waals surface area contributed by atoms with E-state index in [0.717, 1.165) is 13.0 Å². The molecule has 3 nitrogen and oxygen atoms in total. The van der Waals surface area contributed by atoms with Crippen molar-refractivity contribution in [1.29, 1.82) is 0 Å². The van der Waals surface area contributed by atoms with Crippen LogP contribution >= 0.6 is 0 Å². The summed E-state index contributed by atoms with van der Waals surface area (Å²) < 4.78 is 2.19. The second-order valence-electron chi connectivity index (χ2n) is 3.84. The van der Waals surface area contributed by atoms with Gasteiger partial charge in [0.2, 0.25) is 5.91 Å². The van der Waals surface area contributed by atoms with E-state index in [1.54, 1.807) is 7.05 Å². The summed E-state index contributed by atoms with van der Waals surface area (Å²) in [5, 5.41) is 3.89. The van der Waals surface area contributed by atoms with E-state index in [1.165, 1.54) is 10.9 Å². The fraction of sp³-hybridized carbons (Fsp3) is 0.308. The Hall–Kier alpha value is -1.77. The summed E-state index contributed by atoms with van der Waals surface area (Å²) in [6.45, 7) is 0.890. The number of nitrogens with zero attached hydrogens (tertiary/aromatic N) is 1. The molecule has 84 valence electrons. The van der Waals surface area contributed by atoms with Crippen molar-refractivity contribution in [2.75, 3.05) is 7.05 Å². The summed E-state index contributed by atoms with van der Waals surface area (Å²) in [6, 6.07) is 10.4. The summed E-state index contributed by atoms with van der Waals surface area (Å²) in [6.07, 6.45) is 3.54. The number of aromatic nitrogens is 1. The summed E-state index contributed by atoms with van der Waals surface area (Å²) in [4.78, 5) is 11.1. The van der Waals surface area contributed by atoms with Gasteiger partial charge in [-0.15, -0.1) is 0 Å².